The second kappa shape index (κ2) is 4.95. The molecule has 0 aromatic heterocycles. The Hall–Kier alpha value is -2.14. The van der Waals surface area contributed by atoms with Gasteiger partial charge in [0.25, 0.3) is 0 Å². The number of ether oxygens (including phenoxy) is 1. The van der Waals surface area contributed by atoms with Crippen LogP contribution in [0.5, 0.6) is 0 Å². The lowest BCUT2D eigenvalue weighted by Crippen LogP contribution is -2.35. The number of halogens is 3. The Balaban J connectivity index is 1.96. The van der Waals surface area contributed by atoms with Crippen LogP contribution in [0.4, 0.5) is 13.2 Å². The summed E-state index contributed by atoms with van der Waals surface area (Å²) in [5.74, 6) is -0.652. The third-order valence-corrected chi connectivity index (χ3v) is 3.81. The zero-order chi connectivity index (χ0) is 16.0. The number of alkyl halides is 3. The van der Waals surface area contributed by atoms with Gasteiger partial charge in [-0.25, -0.2) is 0 Å². The van der Waals surface area contributed by atoms with Gasteiger partial charge in [0.2, 0.25) is 5.60 Å². The van der Waals surface area contributed by atoms with Crippen molar-refractivity contribution in [2.75, 3.05) is 0 Å². The second-order valence-electron chi connectivity index (χ2n) is 5.33. The van der Waals surface area contributed by atoms with Gasteiger partial charge in [0.05, 0.1) is 0 Å². The minimum Gasteiger partial charge on any atom is -0.343 e. The van der Waals surface area contributed by atoms with E-state index in [2.05, 4.69) is 0 Å². The maximum absolute atomic E-state index is 13.5. The summed E-state index contributed by atoms with van der Waals surface area (Å²) in [6.45, 7) is 1.84. The standard InChI is InChI=1S/C17H13F3O2/c1-11-7-9-12(10-8-11)14(21)15-16(22-15,17(18,19)20)13-5-3-2-4-6-13/h2-10,15H,1H3/t15-,16+/m1/s1. The number of benzene rings is 2. The van der Waals surface area contributed by atoms with Gasteiger partial charge in [0.15, 0.2) is 11.9 Å². The van der Waals surface area contributed by atoms with E-state index in [9.17, 15) is 18.0 Å². The van der Waals surface area contributed by atoms with Crippen LogP contribution in [0.25, 0.3) is 0 Å². The van der Waals surface area contributed by atoms with E-state index in [0.29, 0.717) is 0 Å². The maximum Gasteiger partial charge on any atom is 0.424 e. The smallest absolute Gasteiger partial charge is 0.343 e. The van der Waals surface area contributed by atoms with Crippen molar-refractivity contribution in [1.29, 1.82) is 0 Å². The number of aryl methyl sites for hydroxylation is 1. The third kappa shape index (κ3) is 2.22. The number of hydrogen-bond donors (Lipinski definition) is 0. The number of carbonyl (C=O) groups is 1. The summed E-state index contributed by atoms with van der Waals surface area (Å²) in [5.41, 5.74) is -1.43. The van der Waals surface area contributed by atoms with Gasteiger partial charge in [-0.15, -0.1) is 0 Å². The van der Waals surface area contributed by atoms with Crippen LogP contribution in [0.3, 0.4) is 0 Å². The lowest BCUT2D eigenvalue weighted by atomic mass is 9.90. The molecule has 0 unspecified atom stereocenters. The molecule has 0 radical (unpaired) electrons. The first-order valence-corrected chi connectivity index (χ1v) is 6.77. The molecule has 1 saturated heterocycles. The fraction of sp³-hybridized carbons (Fsp3) is 0.235. The van der Waals surface area contributed by atoms with E-state index in [4.69, 9.17) is 4.74 Å². The Morgan fingerprint density at radius 3 is 2.18 bits per heavy atom. The van der Waals surface area contributed by atoms with Crippen LogP contribution in [0.2, 0.25) is 0 Å². The molecule has 0 aliphatic carbocycles. The molecule has 1 fully saturated rings. The fourth-order valence-electron chi connectivity index (χ4n) is 2.54. The highest BCUT2D eigenvalue weighted by molar-refractivity contribution is 6.02. The van der Waals surface area contributed by atoms with Gasteiger partial charge in [0, 0.05) is 5.56 Å². The van der Waals surface area contributed by atoms with Crippen molar-refractivity contribution in [3.05, 3.63) is 71.3 Å². The summed E-state index contributed by atoms with van der Waals surface area (Å²) < 4.78 is 45.4. The first-order valence-electron chi connectivity index (χ1n) is 6.77. The lowest BCUT2D eigenvalue weighted by Gasteiger charge is -2.17. The Bertz CT molecular complexity index is 692. The molecule has 0 saturated carbocycles. The lowest BCUT2D eigenvalue weighted by molar-refractivity contribution is -0.187. The molecular weight excluding hydrogens is 293 g/mol. The van der Waals surface area contributed by atoms with Gasteiger partial charge in [-0.1, -0.05) is 60.2 Å². The number of carbonyl (C=O) groups excluding carboxylic acids is 1. The summed E-state index contributed by atoms with van der Waals surface area (Å²) in [4.78, 5) is 12.3. The number of hydrogen-bond acceptors (Lipinski definition) is 2. The first kappa shape index (κ1) is 14.8. The van der Waals surface area contributed by atoms with Crippen LogP contribution in [0.1, 0.15) is 21.5 Å². The third-order valence-electron chi connectivity index (χ3n) is 3.81. The molecule has 0 bridgehead atoms. The van der Waals surface area contributed by atoms with E-state index < -0.39 is 23.7 Å². The average Bonchev–Trinajstić information content (AvgIpc) is 3.25. The van der Waals surface area contributed by atoms with E-state index in [1.54, 1.807) is 18.2 Å². The molecule has 2 aromatic rings. The van der Waals surface area contributed by atoms with Gasteiger partial charge < -0.3 is 4.74 Å². The van der Waals surface area contributed by atoms with Crippen molar-refractivity contribution in [3.8, 4) is 0 Å². The van der Waals surface area contributed by atoms with Crippen LogP contribution in [-0.2, 0) is 10.3 Å². The molecule has 114 valence electrons. The van der Waals surface area contributed by atoms with Crippen molar-refractivity contribution in [3.63, 3.8) is 0 Å². The predicted molar refractivity (Wildman–Crippen MR) is 74.6 cm³/mol. The zero-order valence-electron chi connectivity index (χ0n) is 11.7. The number of Topliss-reactive ketones (excluding diaryl/α,β-unsaturated/α-hetero) is 1. The number of epoxide rings is 1. The molecule has 1 heterocycles. The van der Waals surface area contributed by atoms with Crippen molar-refractivity contribution in [2.24, 2.45) is 0 Å². The van der Waals surface area contributed by atoms with Crippen LogP contribution >= 0.6 is 0 Å². The van der Waals surface area contributed by atoms with Crippen LogP contribution < -0.4 is 0 Å². The molecule has 0 amide bonds. The topological polar surface area (TPSA) is 29.6 Å². The Kier molecular flexibility index (Phi) is 3.33. The molecule has 2 nitrogen and oxygen atoms in total. The second-order valence-corrected chi connectivity index (χ2v) is 5.33. The number of rotatable bonds is 3. The highest BCUT2D eigenvalue weighted by atomic mass is 19.4. The van der Waals surface area contributed by atoms with Crippen molar-refractivity contribution in [2.45, 2.75) is 24.8 Å². The minimum absolute atomic E-state index is 0.0482. The molecule has 0 N–H and O–H groups in total. The van der Waals surface area contributed by atoms with E-state index in [1.807, 2.05) is 6.92 Å². The SMILES string of the molecule is Cc1ccc(C(=O)[C@H]2O[C@]2(c2ccccc2)C(F)(F)F)cc1. The van der Waals surface area contributed by atoms with E-state index in [1.165, 1.54) is 36.4 Å². The minimum atomic E-state index is -4.65. The summed E-state index contributed by atoms with van der Waals surface area (Å²) in [6, 6.07) is 13.7. The van der Waals surface area contributed by atoms with Gasteiger partial charge in [-0.2, -0.15) is 13.2 Å². The van der Waals surface area contributed by atoms with Gasteiger partial charge in [-0.05, 0) is 12.5 Å². The van der Waals surface area contributed by atoms with E-state index >= 15 is 0 Å². The normalized spacial score (nSPS) is 24.1. The van der Waals surface area contributed by atoms with Crippen molar-refractivity contribution >= 4 is 5.78 Å². The van der Waals surface area contributed by atoms with Gasteiger partial charge >= 0.3 is 6.18 Å². The molecule has 2 atom stereocenters. The first-order chi connectivity index (χ1) is 10.4. The van der Waals surface area contributed by atoms with Crippen LogP contribution in [-0.4, -0.2) is 18.1 Å². The summed E-state index contributed by atoms with van der Waals surface area (Å²) in [5, 5.41) is 0. The maximum atomic E-state index is 13.5. The molecule has 3 rings (SSSR count). The van der Waals surface area contributed by atoms with Gasteiger partial charge in [0.1, 0.15) is 0 Å². The van der Waals surface area contributed by atoms with E-state index in [-0.39, 0.29) is 11.1 Å². The predicted octanol–water partition coefficient (Wildman–Crippen LogP) is 4.03. The average molecular weight is 306 g/mol. The zero-order valence-corrected chi connectivity index (χ0v) is 11.7. The molecular formula is C17H13F3O2. The Morgan fingerprint density at radius 2 is 1.64 bits per heavy atom. The quantitative estimate of drug-likeness (QED) is 0.633. The highest BCUT2D eigenvalue weighted by Crippen LogP contribution is 2.58. The summed E-state index contributed by atoms with van der Waals surface area (Å²) >= 11 is 0. The summed E-state index contributed by atoms with van der Waals surface area (Å²) in [6.07, 6.45) is -6.18. The van der Waals surface area contributed by atoms with E-state index in [0.717, 1.165) is 5.56 Å². The Morgan fingerprint density at radius 1 is 1.05 bits per heavy atom. The molecule has 2 aromatic carbocycles. The fourth-order valence-corrected chi connectivity index (χ4v) is 2.54. The molecule has 22 heavy (non-hydrogen) atoms. The van der Waals surface area contributed by atoms with Crippen molar-refractivity contribution < 1.29 is 22.7 Å². The molecule has 1 aliphatic rings. The summed E-state index contributed by atoms with van der Waals surface area (Å²) in [7, 11) is 0. The highest BCUT2D eigenvalue weighted by Gasteiger charge is 2.76. The molecule has 1 aliphatic heterocycles. The monoisotopic (exact) mass is 306 g/mol. The van der Waals surface area contributed by atoms with Gasteiger partial charge in [-0.3, -0.25) is 4.79 Å². The van der Waals surface area contributed by atoms with Crippen LogP contribution in [0, 0.1) is 6.92 Å². The van der Waals surface area contributed by atoms with Crippen LogP contribution in [0.15, 0.2) is 54.6 Å². The molecule has 0 spiro atoms. The molecule has 5 heteroatoms. The Labute approximate surface area is 125 Å². The van der Waals surface area contributed by atoms with Crippen molar-refractivity contribution in [1.82, 2.24) is 0 Å². The largest absolute Gasteiger partial charge is 0.424 e. The number of ketones is 1.